The molecule has 0 saturated carbocycles. The average molecular weight is 425 g/mol. The molecule has 2 aromatic carbocycles. The van der Waals surface area contributed by atoms with Crippen LogP contribution in [-0.2, 0) is 20.7 Å². The minimum Gasteiger partial charge on any atom is -0.493 e. The fourth-order valence-corrected chi connectivity index (χ4v) is 3.72. The van der Waals surface area contributed by atoms with Gasteiger partial charge in [-0.25, -0.2) is 4.79 Å². The molecule has 7 heteroatoms. The highest BCUT2D eigenvalue weighted by Crippen LogP contribution is 2.38. The van der Waals surface area contributed by atoms with Crippen molar-refractivity contribution in [1.29, 1.82) is 0 Å². The van der Waals surface area contributed by atoms with Crippen molar-refractivity contribution in [3.05, 3.63) is 53.6 Å². The number of esters is 1. The highest BCUT2D eigenvalue weighted by Gasteiger charge is 2.34. The number of hydrogen-bond acceptors (Lipinski definition) is 6. The molecule has 7 nitrogen and oxygen atoms in total. The van der Waals surface area contributed by atoms with E-state index in [-0.39, 0.29) is 11.9 Å². The quantitative estimate of drug-likeness (QED) is 0.498. The Balaban J connectivity index is 1.69. The summed E-state index contributed by atoms with van der Waals surface area (Å²) in [6.07, 6.45) is 2.71. The van der Waals surface area contributed by atoms with E-state index >= 15 is 0 Å². The Kier molecular flexibility index (Phi) is 6.84. The zero-order chi connectivity index (χ0) is 22.5. The molecule has 2 atom stereocenters. The lowest BCUT2D eigenvalue weighted by molar-refractivity contribution is -0.149. The number of ether oxygens (including phenoxy) is 4. The molecule has 164 valence electrons. The fraction of sp³-hybridized carbons (Fsp3) is 0.333. The number of para-hydroxylation sites is 1. The van der Waals surface area contributed by atoms with E-state index in [1.165, 1.54) is 27.4 Å². The van der Waals surface area contributed by atoms with Gasteiger partial charge in [0, 0.05) is 17.8 Å². The summed E-state index contributed by atoms with van der Waals surface area (Å²) in [4.78, 5) is 27.0. The van der Waals surface area contributed by atoms with E-state index in [1.54, 1.807) is 30.0 Å². The van der Waals surface area contributed by atoms with Gasteiger partial charge in [-0.3, -0.25) is 4.79 Å². The van der Waals surface area contributed by atoms with Crippen molar-refractivity contribution in [3.63, 3.8) is 0 Å². The molecule has 0 unspecified atom stereocenters. The van der Waals surface area contributed by atoms with Crippen LogP contribution in [0, 0.1) is 0 Å². The first-order chi connectivity index (χ1) is 14.9. The number of rotatable bonds is 7. The fourth-order valence-electron chi connectivity index (χ4n) is 3.72. The number of fused-ring (bicyclic) bond motifs is 1. The Morgan fingerprint density at radius 2 is 1.71 bits per heavy atom. The van der Waals surface area contributed by atoms with Crippen LogP contribution in [0.2, 0.25) is 0 Å². The second-order valence-electron chi connectivity index (χ2n) is 7.26. The largest absolute Gasteiger partial charge is 0.493 e. The van der Waals surface area contributed by atoms with Gasteiger partial charge in [-0.2, -0.15) is 0 Å². The second kappa shape index (κ2) is 9.55. The van der Waals surface area contributed by atoms with Crippen LogP contribution in [0.1, 0.15) is 25.0 Å². The van der Waals surface area contributed by atoms with Gasteiger partial charge >= 0.3 is 5.97 Å². The molecule has 1 amide bonds. The summed E-state index contributed by atoms with van der Waals surface area (Å²) in [7, 11) is 4.55. The maximum atomic E-state index is 12.9. The van der Waals surface area contributed by atoms with Crippen molar-refractivity contribution in [3.8, 4) is 17.2 Å². The van der Waals surface area contributed by atoms with Crippen molar-refractivity contribution >= 4 is 23.6 Å². The molecular formula is C24H27NO6. The molecule has 0 fully saturated rings. The first-order valence-electron chi connectivity index (χ1n) is 9.99. The molecule has 0 bridgehead atoms. The van der Waals surface area contributed by atoms with E-state index in [4.69, 9.17) is 18.9 Å². The van der Waals surface area contributed by atoms with Crippen LogP contribution in [0.4, 0.5) is 5.69 Å². The van der Waals surface area contributed by atoms with Gasteiger partial charge in [0.25, 0.3) is 5.91 Å². The smallest absolute Gasteiger partial charge is 0.331 e. The Hall–Kier alpha value is -3.48. The Morgan fingerprint density at radius 3 is 2.32 bits per heavy atom. The highest BCUT2D eigenvalue weighted by atomic mass is 16.5. The molecule has 0 radical (unpaired) electrons. The maximum Gasteiger partial charge on any atom is 0.331 e. The zero-order valence-electron chi connectivity index (χ0n) is 18.4. The minimum atomic E-state index is -0.911. The SMILES string of the molecule is COc1cc(/C=C/C(=O)O[C@@H](C)C(=O)N2c3ccccc3C[C@@H]2C)cc(OC)c1OC. The van der Waals surface area contributed by atoms with Crippen LogP contribution < -0.4 is 19.1 Å². The van der Waals surface area contributed by atoms with Crippen molar-refractivity contribution in [2.75, 3.05) is 26.2 Å². The minimum absolute atomic E-state index is 0.0147. The molecule has 2 aromatic rings. The third-order valence-electron chi connectivity index (χ3n) is 5.18. The Bertz CT molecular complexity index is 974. The van der Waals surface area contributed by atoms with Crippen LogP contribution in [0.15, 0.2) is 42.5 Å². The van der Waals surface area contributed by atoms with Crippen LogP contribution in [-0.4, -0.2) is 45.4 Å². The standard InChI is InChI=1S/C24H27NO6/c1-15-12-18-8-6-7-9-19(18)25(15)24(27)16(2)31-22(26)11-10-17-13-20(28-3)23(30-5)21(14-17)29-4/h6-11,13-16H,12H2,1-5H3/b11-10+/t15-,16-/m0/s1. The van der Waals surface area contributed by atoms with Crippen LogP contribution >= 0.6 is 0 Å². The van der Waals surface area contributed by atoms with Crippen LogP contribution in [0.5, 0.6) is 17.2 Å². The Labute approximate surface area is 182 Å². The summed E-state index contributed by atoms with van der Waals surface area (Å²) >= 11 is 0. The molecule has 31 heavy (non-hydrogen) atoms. The summed E-state index contributed by atoms with van der Waals surface area (Å²) in [6.45, 7) is 3.57. The molecule has 0 N–H and O–H groups in total. The summed E-state index contributed by atoms with van der Waals surface area (Å²) < 4.78 is 21.3. The van der Waals surface area contributed by atoms with Crippen molar-refractivity contribution in [2.45, 2.75) is 32.4 Å². The first-order valence-corrected chi connectivity index (χ1v) is 9.99. The predicted octanol–water partition coefficient (Wildman–Crippen LogP) is 3.64. The van der Waals surface area contributed by atoms with E-state index in [9.17, 15) is 9.59 Å². The van der Waals surface area contributed by atoms with Crippen molar-refractivity contribution in [1.82, 2.24) is 0 Å². The van der Waals surface area contributed by atoms with Gasteiger partial charge < -0.3 is 23.8 Å². The van der Waals surface area contributed by atoms with E-state index in [0.717, 1.165) is 17.7 Å². The molecule has 1 heterocycles. The van der Waals surface area contributed by atoms with E-state index in [1.807, 2.05) is 31.2 Å². The summed E-state index contributed by atoms with van der Waals surface area (Å²) in [5.41, 5.74) is 2.65. The number of nitrogens with zero attached hydrogens (tertiary/aromatic N) is 1. The second-order valence-corrected chi connectivity index (χ2v) is 7.26. The lowest BCUT2D eigenvalue weighted by Gasteiger charge is -2.25. The van der Waals surface area contributed by atoms with Gasteiger partial charge in [-0.05, 0) is 55.7 Å². The maximum absolute atomic E-state index is 12.9. The topological polar surface area (TPSA) is 74.3 Å². The van der Waals surface area contributed by atoms with Gasteiger partial charge in [0.1, 0.15) is 0 Å². The molecule has 0 spiro atoms. The van der Waals surface area contributed by atoms with E-state index in [0.29, 0.717) is 22.8 Å². The molecular weight excluding hydrogens is 398 g/mol. The van der Waals surface area contributed by atoms with Gasteiger partial charge in [0.2, 0.25) is 5.75 Å². The molecule has 1 aliphatic rings. The van der Waals surface area contributed by atoms with E-state index < -0.39 is 12.1 Å². The van der Waals surface area contributed by atoms with Crippen molar-refractivity contribution < 1.29 is 28.5 Å². The lowest BCUT2D eigenvalue weighted by Crippen LogP contribution is -2.43. The van der Waals surface area contributed by atoms with Gasteiger partial charge in [0.05, 0.1) is 21.3 Å². The monoisotopic (exact) mass is 425 g/mol. The number of carbonyl (C=O) groups is 2. The summed E-state index contributed by atoms with van der Waals surface area (Å²) in [5.74, 6) is 0.547. The third-order valence-corrected chi connectivity index (χ3v) is 5.18. The number of methoxy groups -OCH3 is 3. The first kappa shape index (κ1) is 22.2. The third kappa shape index (κ3) is 4.66. The van der Waals surface area contributed by atoms with Gasteiger partial charge in [-0.15, -0.1) is 0 Å². The number of amides is 1. The van der Waals surface area contributed by atoms with Gasteiger partial charge in [0.15, 0.2) is 17.6 Å². The zero-order valence-corrected chi connectivity index (χ0v) is 18.4. The van der Waals surface area contributed by atoms with E-state index in [2.05, 4.69) is 0 Å². The normalized spacial score (nSPS) is 16.0. The molecule has 0 saturated heterocycles. The Morgan fingerprint density at radius 1 is 1.06 bits per heavy atom. The van der Waals surface area contributed by atoms with Crippen LogP contribution in [0.25, 0.3) is 6.08 Å². The molecule has 0 aliphatic carbocycles. The number of anilines is 1. The van der Waals surface area contributed by atoms with Crippen LogP contribution in [0.3, 0.4) is 0 Å². The number of carbonyl (C=O) groups excluding carboxylic acids is 2. The number of benzene rings is 2. The summed E-state index contributed by atoms with van der Waals surface area (Å²) in [6, 6.07) is 11.2. The lowest BCUT2D eigenvalue weighted by atomic mass is 10.1. The molecule has 0 aromatic heterocycles. The highest BCUT2D eigenvalue weighted by molar-refractivity contribution is 6.00. The molecule has 1 aliphatic heterocycles. The molecule has 3 rings (SSSR count). The van der Waals surface area contributed by atoms with Crippen molar-refractivity contribution in [2.24, 2.45) is 0 Å². The predicted molar refractivity (Wildman–Crippen MR) is 118 cm³/mol. The summed E-state index contributed by atoms with van der Waals surface area (Å²) in [5, 5.41) is 0. The average Bonchev–Trinajstić information content (AvgIpc) is 3.11. The number of hydrogen-bond donors (Lipinski definition) is 0. The van der Waals surface area contributed by atoms with Gasteiger partial charge in [-0.1, -0.05) is 18.2 Å².